The first kappa shape index (κ1) is 12.2. The third kappa shape index (κ3) is 2.07. The number of halogens is 1. The Kier molecular flexibility index (Phi) is 3.07. The van der Waals surface area contributed by atoms with E-state index >= 15 is 0 Å². The predicted octanol–water partition coefficient (Wildman–Crippen LogP) is 0.0789. The first-order valence-corrected chi connectivity index (χ1v) is 5.14. The van der Waals surface area contributed by atoms with Crippen molar-refractivity contribution in [2.45, 2.75) is 13.1 Å². The predicted molar refractivity (Wildman–Crippen MR) is 61.5 cm³/mol. The molecule has 0 saturated heterocycles. The molecule has 1 heterocycles. The number of rotatable bonds is 3. The summed E-state index contributed by atoms with van der Waals surface area (Å²) in [6.07, 6.45) is -0.359. The lowest BCUT2D eigenvalue weighted by Gasteiger charge is -2.08. The van der Waals surface area contributed by atoms with Crippen LogP contribution in [0.1, 0.15) is 5.69 Å². The number of hydrogen-bond donors (Lipinski definition) is 2. The highest BCUT2D eigenvalue weighted by Gasteiger charge is 2.13. The maximum absolute atomic E-state index is 13.1. The molecule has 0 spiro atoms. The fourth-order valence-corrected chi connectivity index (χ4v) is 1.73. The lowest BCUT2D eigenvalue weighted by molar-refractivity contribution is -0.136. The highest BCUT2D eigenvalue weighted by molar-refractivity contribution is 5.86. The summed E-state index contributed by atoms with van der Waals surface area (Å²) in [6.45, 7) is -0.197. The number of hydrogen-bond acceptors (Lipinski definition) is 4. The molecule has 18 heavy (non-hydrogen) atoms. The number of fused-ring (bicyclic) bond motifs is 1. The Morgan fingerprint density at radius 1 is 1.44 bits per heavy atom. The van der Waals surface area contributed by atoms with Gasteiger partial charge in [-0.1, -0.05) is 0 Å². The Balaban J connectivity index is 2.81. The highest BCUT2D eigenvalue weighted by atomic mass is 19.1. The molecule has 2 rings (SSSR count). The van der Waals surface area contributed by atoms with Crippen LogP contribution in [0.2, 0.25) is 0 Å². The van der Waals surface area contributed by atoms with Crippen LogP contribution in [0, 0.1) is 5.82 Å². The van der Waals surface area contributed by atoms with Gasteiger partial charge in [-0.05, 0) is 18.2 Å². The van der Waals surface area contributed by atoms with Crippen LogP contribution in [0.5, 0.6) is 0 Å². The van der Waals surface area contributed by atoms with Gasteiger partial charge < -0.3 is 10.8 Å². The van der Waals surface area contributed by atoms with Crippen LogP contribution >= 0.6 is 0 Å². The van der Waals surface area contributed by atoms with Crippen LogP contribution in [-0.2, 0) is 17.9 Å². The summed E-state index contributed by atoms with van der Waals surface area (Å²) in [6, 6.07) is 3.55. The SMILES string of the molecule is NCn1nc(CC(=O)O)c2ccc(F)cc2c1=O. The van der Waals surface area contributed by atoms with Gasteiger partial charge in [0, 0.05) is 5.39 Å². The van der Waals surface area contributed by atoms with E-state index in [0.29, 0.717) is 5.39 Å². The minimum atomic E-state index is -1.09. The van der Waals surface area contributed by atoms with Crippen molar-refractivity contribution >= 4 is 16.7 Å². The quantitative estimate of drug-likeness (QED) is 0.804. The molecule has 1 aromatic carbocycles. The number of aliphatic carboxylic acids is 1. The molecule has 94 valence electrons. The van der Waals surface area contributed by atoms with Crippen LogP contribution in [-0.4, -0.2) is 20.9 Å². The van der Waals surface area contributed by atoms with Gasteiger partial charge in [-0.2, -0.15) is 5.10 Å². The second-order valence-electron chi connectivity index (χ2n) is 3.69. The van der Waals surface area contributed by atoms with E-state index in [1.165, 1.54) is 6.07 Å². The van der Waals surface area contributed by atoms with Gasteiger partial charge in [-0.25, -0.2) is 9.07 Å². The number of carbonyl (C=O) groups is 1. The topological polar surface area (TPSA) is 98.2 Å². The average Bonchev–Trinajstić information content (AvgIpc) is 2.32. The molecule has 0 aliphatic carbocycles. The van der Waals surface area contributed by atoms with Crippen molar-refractivity contribution in [1.29, 1.82) is 0 Å². The van der Waals surface area contributed by atoms with Crippen LogP contribution in [0.25, 0.3) is 10.8 Å². The Hall–Kier alpha value is -2.28. The number of nitrogens with zero attached hydrogens (tertiary/aromatic N) is 2. The van der Waals surface area contributed by atoms with Crippen molar-refractivity contribution in [3.8, 4) is 0 Å². The molecule has 1 aromatic heterocycles. The van der Waals surface area contributed by atoms with Crippen LogP contribution < -0.4 is 11.3 Å². The van der Waals surface area contributed by atoms with Crippen molar-refractivity contribution in [2.24, 2.45) is 5.73 Å². The van der Waals surface area contributed by atoms with Gasteiger partial charge >= 0.3 is 5.97 Å². The second kappa shape index (κ2) is 4.53. The van der Waals surface area contributed by atoms with Crippen LogP contribution in [0.4, 0.5) is 4.39 Å². The van der Waals surface area contributed by atoms with E-state index in [-0.39, 0.29) is 24.2 Å². The van der Waals surface area contributed by atoms with Crippen LogP contribution in [0.3, 0.4) is 0 Å². The first-order chi connectivity index (χ1) is 8.52. The maximum atomic E-state index is 13.1. The van der Waals surface area contributed by atoms with E-state index < -0.39 is 17.3 Å². The lowest BCUT2D eigenvalue weighted by Crippen LogP contribution is -2.28. The summed E-state index contributed by atoms with van der Waals surface area (Å²) in [5.41, 5.74) is 4.98. The zero-order valence-electron chi connectivity index (χ0n) is 9.26. The lowest BCUT2D eigenvalue weighted by atomic mass is 10.1. The van der Waals surface area contributed by atoms with Gasteiger partial charge in [-0.3, -0.25) is 9.59 Å². The minimum Gasteiger partial charge on any atom is -0.481 e. The molecule has 0 amide bonds. The van der Waals surface area contributed by atoms with Gasteiger partial charge in [0.1, 0.15) is 5.82 Å². The molecular formula is C11H10FN3O3. The average molecular weight is 251 g/mol. The number of aromatic nitrogens is 2. The first-order valence-electron chi connectivity index (χ1n) is 5.14. The van der Waals surface area contributed by atoms with E-state index in [2.05, 4.69) is 5.10 Å². The molecule has 0 bridgehead atoms. The fraction of sp³-hybridized carbons (Fsp3) is 0.182. The van der Waals surface area contributed by atoms with Crippen molar-refractivity contribution in [3.63, 3.8) is 0 Å². The van der Waals surface area contributed by atoms with Gasteiger partial charge in [0.15, 0.2) is 0 Å². The van der Waals surface area contributed by atoms with E-state index in [1.54, 1.807) is 0 Å². The summed E-state index contributed by atoms with van der Waals surface area (Å²) in [4.78, 5) is 22.6. The molecule has 0 aliphatic heterocycles. The summed E-state index contributed by atoms with van der Waals surface area (Å²) in [5.74, 6) is -1.66. The van der Waals surface area contributed by atoms with E-state index in [9.17, 15) is 14.0 Å². The van der Waals surface area contributed by atoms with E-state index in [4.69, 9.17) is 10.8 Å². The Morgan fingerprint density at radius 2 is 2.17 bits per heavy atom. The Bertz CT molecular complexity index is 681. The molecule has 7 heteroatoms. The molecule has 2 aromatic rings. The number of nitrogens with two attached hydrogens (primary N) is 1. The third-order valence-electron chi connectivity index (χ3n) is 2.49. The molecule has 0 aliphatic rings. The Morgan fingerprint density at radius 3 is 2.78 bits per heavy atom. The summed E-state index contributed by atoms with van der Waals surface area (Å²) >= 11 is 0. The third-order valence-corrected chi connectivity index (χ3v) is 2.49. The minimum absolute atomic E-state index is 0.0756. The second-order valence-corrected chi connectivity index (χ2v) is 3.69. The summed E-state index contributed by atoms with van der Waals surface area (Å²) < 4.78 is 14.0. The standard InChI is InChI=1S/C11H10FN3O3/c12-6-1-2-7-8(3-6)11(18)15(5-13)14-9(7)4-10(16)17/h1-3H,4-5,13H2,(H,16,17). The molecule has 0 unspecified atom stereocenters. The highest BCUT2D eigenvalue weighted by Crippen LogP contribution is 2.15. The van der Waals surface area contributed by atoms with E-state index in [1.807, 2.05) is 0 Å². The molecule has 6 nitrogen and oxygen atoms in total. The summed E-state index contributed by atoms with van der Waals surface area (Å²) in [7, 11) is 0. The number of benzene rings is 1. The fourth-order valence-electron chi connectivity index (χ4n) is 1.73. The molecule has 0 radical (unpaired) electrons. The van der Waals surface area contributed by atoms with Crippen molar-refractivity contribution in [2.75, 3.05) is 0 Å². The van der Waals surface area contributed by atoms with Gasteiger partial charge in [-0.15, -0.1) is 0 Å². The zero-order chi connectivity index (χ0) is 13.3. The maximum Gasteiger partial charge on any atom is 0.309 e. The Labute approximate surface area is 100 Å². The molecule has 0 atom stereocenters. The van der Waals surface area contributed by atoms with Crippen molar-refractivity contribution < 1.29 is 14.3 Å². The number of carboxylic acid groups (broad SMARTS) is 1. The van der Waals surface area contributed by atoms with Gasteiger partial charge in [0.2, 0.25) is 0 Å². The van der Waals surface area contributed by atoms with Crippen molar-refractivity contribution in [1.82, 2.24) is 9.78 Å². The van der Waals surface area contributed by atoms with Gasteiger partial charge in [0.25, 0.3) is 5.56 Å². The molecule has 0 fully saturated rings. The largest absolute Gasteiger partial charge is 0.481 e. The zero-order valence-corrected chi connectivity index (χ0v) is 9.26. The van der Waals surface area contributed by atoms with Crippen LogP contribution in [0.15, 0.2) is 23.0 Å². The summed E-state index contributed by atoms with van der Waals surface area (Å²) in [5, 5.41) is 13.0. The molecule has 3 N–H and O–H groups in total. The smallest absolute Gasteiger partial charge is 0.309 e. The van der Waals surface area contributed by atoms with E-state index in [0.717, 1.165) is 16.8 Å². The van der Waals surface area contributed by atoms with Crippen molar-refractivity contribution in [3.05, 3.63) is 40.1 Å². The monoisotopic (exact) mass is 251 g/mol. The normalized spacial score (nSPS) is 10.8. The van der Waals surface area contributed by atoms with Gasteiger partial charge in [0.05, 0.1) is 24.2 Å². The number of carboxylic acids is 1. The molecular weight excluding hydrogens is 241 g/mol. The molecule has 0 saturated carbocycles.